The quantitative estimate of drug-likeness (QED) is 0.673. The van der Waals surface area contributed by atoms with Crippen LogP contribution >= 0.6 is 0 Å². The number of rotatable bonds is 3. The van der Waals surface area contributed by atoms with Crippen LogP contribution in [-0.2, 0) is 0 Å². The van der Waals surface area contributed by atoms with Crippen LogP contribution in [0.2, 0.25) is 0 Å². The lowest BCUT2D eigenvalue weighted by atomic mass is 10.2. The average molecular weight is 186 g/mol. The minimum Gasteiger partial charge on any atom is -0.288 e. The Hall–Kier alpha value is -1.26. The van der Waals surface area contributed by atoms with Crippen LogP contribution in [0.3, 0.4) is 0 Å². The molecule has 1 heterocycles. The van der Waals surface area contributed by atoms with Crippen LogP contribution in [0, 0.1) is 0 Å². The van der Waals surface area contributed by atoms with Gasteiger partial charge in [-0.1, -0.05) is 0 Å². The molecule has 70 valence electrons. The van der Waals surface area contributed by atoms with Crippen LogP contribution in [0.5, 0.6) is 0 Å². The number of alkyl halides is 2. The molecule has 0 unspecified atom stereocenters. The molecule has 0 aliphatic heterocycles. The molecule has 1 saturated carbocycles. The maximum atomic E-state index is 12.0. The molecule has 2 rings (SSSR count). The van der Waals surface area contributed by atoms with Crippen molar-refractivity contribution in [2.24, 2.45) is 0 Å². The molecule has 1 aromatic rings. The number of nitrogens with zero attached hydrogens (tertiary/aromatic N) is 2. The maximum Gasteiger partial charge on any atom is 0.300 e. The van der Waals surface area contributed by atoms with Crippen LogP contribution < -0.4 is 0 Å². The fourth-order valence-corrected chi connectivity index (χ4v) is 1.13. The van der Waals surface area contributed by atoms with Crippen LogP contribution in [-0.4, -0.2) is 22.0 Å². The van der Waals surface area contributed by atoms with Gasteiger partial charge in [0.1, 0.15) is 0 Å². The molecule has 13 heavy (non-hydrogen) atoms. The van der Waals surface area contributed by atoms with Crippen molar-refractivity contribution in [1.29, 1.82) is 0 Å². The third-order valence-electron chi connectivity index (χ3n) is 2.01. The largest absolute Gasteiger partial charge is 0.300 e. The van der Waals surface area contributed by atoms with E-state index < -0.39 is 12.2 Å². The van der Waals surface area contributed by atoms with E-state index in [1.807, 2.05) is 0 Å². The van der Waals surface area contributed by atoms with Crippen molar-refractivity contribution in [3.8, 4) is 0 Å². The highest BCUT2D eigenvalue weighted by molar-refractivity contribution is 5.97. The van der Waals surface area contributed by atoms with Crippen molar-refractivity contribution in [2.75, 3.05) is 0 Å². The van der Waals surface area contributed by atoms with Gasteiger partial charge >= 0.3 is 6.43 Å². The highest BCUT2D eigenvalue weighted by Gasteiger charge is 2.26. The summed E-state index contributed by atoms with van der Waals surface area (Å²) in [5.74, 6) is -1.15. The Morgan fingerprint density at radius 1 is 1.62 bits per heavy atom. The summed E-state index contributed by atoms with van der Waals surface area (Å²) in [5.41, 5.74) is 0.00176. The number of Topliss-reactive ketones (excluding diaryl/α,β-unsaturated/α-hetero) is 1. The second-order valence-electron chi connectivity index (χ2n) is 3.11. The Kier molecular flexibility index (Phi) is 1.86. The van der Waals surface area contributed by atoms with Gasteiger partial charge in [-0.2, -0.15) is 5.10 Å². The lowest BCUT2D eigenvalue weighted by molar-refractivity contribution is 0.0678. The fourth-order valence-electron chi connectivity index (χ4n) is 1.13. The van der Waals surface area contributed by atoms with Crippen molar-refractivity contribution in [2.45, 2.75) is 25.3 Å². The number of ketones is 1. The Labute approximate surface area is 73.4 Å². The summed E-state index contributed by atoms with van der Waals surface area (Å²) in [7, 11) is 0. The van der Waals surface area contributed by atoms with Gasteiger partial charge in [-0.15, -0.1) is 0 Å². The van der Waals surface area contributed by atoms with E-state index in [-0.39, 0.29) is 5.56 Å². The molecule has 1 aliphatic carbocycles. The van der Waals surface area contributed by atoms with E-state index in [1.165, 1.54) is 12.4 Å². The molecule has 1 fully saturated rings. The standard InChI is InChI=1S/C8H8F2N2O/c9-8(10)7(13)5-3-11-12(4-5)6-1-2-6/h3-4,6,8H,1-2H2. The second kappa shape index (κ2) is 2.90. The zero-order chi connectivity index (χ0) is 9.42. The number of halogens is 2. The second-order valence-corrected chi connectivity index (χ2v) is 3.11. The number of hydrogen-bond acceptors (Lipinski definition) is 2. The van der Waals surface area contributed by atoms with Crippen molar-refractivity contribution in [3.05, 3.63) is 18.0 Å². The molecule has 3 nitrogen and oxygen atoms in total. The zero-order valence-electron chi connectivity index (χ0n) is 6.78. The van der Waals surface area contributed by atoms with Gasteiger partial charge in [0.05, 0.1) is 17.8 Å². The lowest BCUT2D eigenvalue weighted by Crippen LogP contribution is -2.08. The molecule has 0 N–H and O–H groups in total. The Morgan fingerprint density at radius 3 is 2.85 bits per heavy atom. The number of carbonyl (C=O) groups is 1. The summed E-state index contributed by atoms with van der Waals surface area (Å²) in [6, 6.07) is 0.319. The zero-order valence-corrected chi connectivity index (χ0v) is 6.78. The highest BCUT2D eigenvalue weighted by atomic mass is 19.3. The van der Waals surface area contributed by atoms with Crippen LogP contribution in [0.4, 0.5) is 8.78 Å². The van der Waals surface area contributed by atoms with Gasteiger partial charge in [-0.05, 0) is 12.8 Å². The molecule has 0 aromatic carbocycles. The first-order valence-corrected chi connectivity index (χ1v) is 4.05. The maximum absolute atomic E-state index is 12.0. The predicted octanol–water partition coefficient (Wildman–Crippen LogP) is 1.67. The van der Waals surface area contributed by atoms with Crippen molar-refractivity contribution in [1.82, 2.24) is 9.78 Å². The van der Waals surface area contributed by atoms with Gasteiger partial charge in [0, 0.05) is 6.20 Å². The van der Waals surface area contributed by atoms with Crippen LogP contribution in [0.25, 0.3) is 0 Å². The predicted molar refractivity (Wildman–Crippen MR) is 40.8 cm³/mol. The summed E-state index contributed by atoms with van der Waals surface area (Å²) in [5, 5.41) is 3.84. The highest BCUT2D eigenvalue weighted by Crippen LogP contribution is 2.34. The lowest BCUT2D eigenvalue weighted by Gasteiger charge is -1.94. The minimum atomic E-state index is -2.93. The first-order valence-electron chi connectivity index (χ1n) is 4.05. The first-order chi connectivity index (χ1) is 6.18. The molecule has 0 spiro atoms. The normalized spacial score (nSPS) is 16.5. The molecule has 0 atom stereocenters. The van der Waals surface area contributed by atoms with E-state index in [9.17, 15) is 13.6 Å². The molecule has 1 aromatic heterocycles. The molecule has 0 bridgehead atoms. The molecule has 5 heteroatoms. The topological polar surface area (TPSA) is 34.9 Å². The van der Waals surface area contributed by atoms with E-state index in [2.05, 4.69) is 5.10 Å². The van der Waals surface area contributed by atoms with Gasteiger partial charge in [0.25, 0.3) is 0 Å². The first kappa shape index (κ1) is 8.34. The summed E-state index contributed by atoms with van der Waals surface area (Å²) >= 11 is 0. The monoisotopic (exact) mass is 186 g/mol. The van der Waals surface area contributed by atoms with Crippen molar-refractivity contribution >= 4 is 5.78 Å². The van der Waals surface area contributed by atoms with E-state index in [0.717, 1.165) is 12.8 Å². The van der Waals surface area contributed by atoms with Crippen molar-refractivity contribution < 1.29 is 13.6 Å². The minimum absolute atomic E-state index is 0.00176. The van der Waals surface area contributed by atoms with Gasteiger partial charge in [-0.3, -0.25) is 9.48 Å². The Bertz CT molecular complexity index is 331. The van der Waals surface area contributed by atoms with E-state index in [1.54, 1.807) is 4.68 Å². The number of carbonyl (C=O) groups excluding carboxylic acids is 1. The fraction of sp³-hybridized carbons (Fsp3) is 0.500. The smallest absolute Gasteiger partial charge is 0.288 e. The molecule has 0 amide bonds. The van der Waals surface area contributed by atoms with Gasteiger partial charge in [0.2, 0.25) is 5.78 Å². The van der Waals surface area contributed by atoms with Crippen molar-refractivity contribution in [3.63, 3.8) is 0 Å². The van der Waals surface area contributed by atoms with E-state index >= 15 is 0 Å². The molecular formula is C8H8F2N2O. The van der Waals surface area contributed by atoms with Gasteiger partial charge in [0.15, 0.2) is 0 Å². The number of aromatic nitrogens is 2. The van der Waals surface area contributed by atoms with E-state index in [0.29, 0.717) is 6.04 Å². The summed E-state index contributed by atoms with van der Waals surface area (Å²) < 4.78 is 25.5. The molecule has 1 aliphatic rings. The van der Waals surface area contributed by atoms with Crippen LogP contribution in [0.1, 0.15) is 29.2 Å². The number of hydrogen-bond donors (Lipinski definition) is 0. The SMILES string of the molecule is O=C(c1cnn(C2CC2)c1)C(F)F. The average Bonchev–Trinajstić information content (AvgIpc) is 2.83. The van der Waals surface area contributed by atoms with Crippen LogP contribution in [0.15, 0.2) is 12.4 Å². The third kappa shape index (κ3) is 1.59. The van der Waals surface area contributed by atoms with Gasteiger partial charge in [-0.25, -0.2) is 8.78 Å². The summed E-state index contributed by atoms with van der Waals surface area (Å²) in [6.45, 7) is 0. The molecule has 0 radical (unpaired) electrons. The third-order valence-corrected chi connectivity index (χ3v) is 2.01. The molecule has 0 saturated heterocycles. The molecular weight excluding hydrogens is 178 g/mol. The Balaban J connectivity index is 2.16. The summed E-state index contributed by atoms with van der Waals surface area (Å²) in [6.07, 6.45) is 1.70. The van der Waals surface area contributed by atoms with Gasteiger partial charge < -0.3 is 0 Å². The summed E-state index contributed by atoms with van der Waals surface area (Å²) in [4.78, 5) is 10.8. The Morgan fingerprint density at radius 2 is 2.31 bits per heavy atom. The van der Waals surface area contributed by atoms with E-state index in [4.69, 9.17) is 0 Å².